The van der Waals surface area contributed by atoms with Gasteiger partial charge in [0.05, 0.1) is 34.7 Å². The fraction of sp³-hybridized carbons (Fsp3) is 0.348. The van der Waals surface area contributed by atoms with E-state index in [1.165, 1.54) is 10.6 Å². The molecule has 1 saturated heterocycles. The van der Waals surface area contributed by atoms with E-state index < -0.39 is 0 Å². The molecule has 1 fully saturated rings. The van der Waals surface area contributed by atoms with Gasteiger partial charge in [0, 0.05) is 36.8 Å². The fourth-order valence-electron chi connectivity index (χ4n) is 3.54. The Bertz CT molecular complexity index is 1110. The van der Waals surface area contributed by atoms with Crippen molar-refractivity contribution < 1.29 is 5.11 Å². The lowest BCUT2D eigenvalue weighted by molar-refractivity contribution is 0.475. The zero-order valence-corrected chi connectivity index (χ0v) is 20.0. The minimum Gasteiger partial charge on any atom is -0.508 e. The lowest BCUT2D eigenvalue weighted by Gasteiger charge is -2.31. The molecule has 1 aliphatic rings. The van der Waals surface area contributed by atoms with Gasteiger partial charge < -0.3 is 10.0 Å². The molecule has 172 valence electrons. The van der Waals surface area contributed by atoms with Gasteiger partial charge in [0.1, 0.15) is 5.75 Å². The molecule has 0 bridgehead atoms. The van der Waals surface area contributed by atoms with Gasteiger partial charge in [0.2, 0.25) is 5.95 Å². The Morgan fingerprint density at radius 1 is 1.12 bits per heavy atom. The number of aryl methyl sites for hydroxylation is 1. The van der Waals surface area contributed by atoms with Crippen molar-refractivity contribution in [1.82, 2.24) is 29.9 Å². The number of halogens is 1. The van der Waals surface area contributed by atoms with Crippen molar-refractivity contribution in [3.63, 3.8) is 0 Å². The molecular weight excluding hydrogens is 458 g/mol. The molecule has 33 heavy (non-hydrogen) atoms. The number of thiazole rings is 1. The van der Waals surface area contributed by atoms with Crippen molar-refractivity contribution >= 4 is 28.9 Å². The van der Waals surface area contributed by atoms with Crippen LogP contribution in [0.3, 0.4) is 0 Å². The molecule has 5 rings (SSSR count). The van der Waals surface area contributed by atoms with E-state index in [9.17, 15) is 0 Å². The number of alkyl halides is 1. The second-order valence-electron chi connectivity index (χ2n) is 7.68. The summed E-state index contributed by atoms with van der Waals surface area (Å²) in [6.45, 7) is 4.10. The summed E-state index contributed by atoms with van der Waals surface area (Å²) >= 11 is 7.56. The van der Waals surface area contributed by atoms with E-state index in [0.29, 0.717) is 11.8 Å². The Morgan fingerprint density at radius 3 is 2.42 bits per heavy atom. The van der Waals surface area contributed by atoms with Gasteiger partial charge in [0.25, 0.3) is 0 Å². The Balaban J connectivity index is 0.000000183. The van der Waals surface area contributed by atoms with Gasteiger partial charge >= 0.3 is 0 Å². The molecule has 0 amide bonds. The zero-order valence-electron chi connectivity index (χ0n) is 18.4. The molecule has 0 radical (unpaired) electrons. The molecule has 4 heterocycles. The van der Waals surface area contributed by atoms with Crippen LogP contribution < -0.4 is 4.90 Å². The number of phenols is 1. The third-order valence-electron chi connectivity index (χ3n) is 5.47. The van der Waals surface area contributed by atoms with E-state index in [-0.39, 0.29) is 5.75 Å². The number of anilines is 1. The maximum Gasteiger partial charge on any atom is 0.225 e. The van der Waals surface area contributed by atoms with Crippen LogP contribution in [0.2, 0.25) is 0 Å². The average Bonchev–Trinajstić information content (AvgIpc) is 3.58. The molecule has 3 aromatic heterocycles. The topological polar surface area (TPSA) is 92.8 Å². The number of hydrogen-bond acceptors (Lipinski definition) is 8. The molecule has 0 aliphatic carbocycles. The number of piperidine rings is 1. The Morgan fingerprint density at radius 2 is 1.85 bits per heavy atom. The number of aromatic hydroxyl groups is 1. The smallest absolute Gasteiger partial charge is 0.225 e. The number of rotatable bonds is 5. The summed E-state index contributed by atoms with van der Waals surface area (Å²) in [5, 5.41) is 19.8. The van der Waals surface area contributed by atoms with Crippen LogP contribution in [0, 0.1) is 0 Å². The Kier molecular flexibility index (Phi) is 7.85. The van der Waals surface area contributed by atoms with E-state index in [0.717, 1.165) is 49.7 Å². The summed E-state index contributed by atoms with van der Waals surface area (Å²) < 4.78 is 1.62. The highest BCUT2D eigenvalue weighted by atomic mass is 35.5. The van der Waals surface area contributed by atoms with Gasteiger partial charge in [-0.1, -0.05) is 12.1 Å². The third-order valence-corrected chi connectivity index (χ3v) is 6.80. The molecule has 8 nitrogen and oxygen atoms in total. The summed E-state index contributed by atoms with van der Waals surface area (Å²) in [4.78, 5) is 15.8. The molecule has 0 unspecified atom stereocenters. The van der Waals surface area contributed by atoms with Crippen molar-refractivity contribution in [3.05, 3.63) is 70.7 Å². The summed E-state index contributed by atoms with van der Waals surface area (Å²) in [6, 6.07) is 6.75. The normalized spacial score (nSPS) is 14.1. The summed E-state index contributed by atoms with van der Waals surface area (Å²) in [5.41, 5.74) is 3.06. The van der Waals surface area contributed by atoms with Crippen LogP contribution >= 0.6 is 22.9 Å². The van der Waals surface area contributed by atoms with Crippen LogP contribution in [0.4, 0.5) is 5.95 Å². The summed E-state index contributed by atoms with van der Waals surface area (Å²) in [6.07, 6.45) is 10.4. The second kappa shape index (κ2) is 11.2. The molecule has 0 saturated carbocycles. The Labute approximate surface area is 201 Å². The minimum atomic E-state index is 0.249. The maximum absolute atomic E-state index is 9.01. The molecule has 4 aromatic rings. The molecule has 1 N–H and O–H groups in total. The highest BCUT2D eigenvalue weighted by Gasteiger charge is 2.24. The lowest BCUT2D eigenvalue weighted by atomic mass is 9.98. The predicted molar refractivity (Wildman–Crippen MR) is 130 cm³/mol. The van der Waals surface area contributed by atoms with E-state index >= 15 is 0 Å². The number of hydrogen-bond donors (Lipinski definition) is 1. The van der Waals surface area contributed by atoms with Crippen LogP contribution in [0.5, 0.6) is 5.75 Å². The van der Waals surface area contributed by atoms with Gasteiger partial charge in [-0.05, 0) is 49.1 Å². The van der Waals surface area contributed by atoms with E-state index in [1.807, 2.05) is 12.4 Å². The predicted octanol–water partition coefficient (Wildman–Crippen LogP) is 4.59. The Hall–Kier alpha value is -3.04. The highest BCUT2D eigenvalue weighted by Crippen LogP contribution is 2.31. The third kappa shape index (κ3) is 6.06. The first kappa shape index (κ1) is 23.1. The van der Waals surface area contributed by atoms with Crippen LogP contribution in [0.1, 0.15) is 41.9 Å². The quantitative estimate of drug-likeness (QED) is 0.415. The van der Waals surface area contributed by atoms with E-state index in [4.69, 9.17) is 16.7 Å². The number of phenolic OH excluding ortho intramolecular Hbond substituents is 1. The van der Waals surface area contributed by atoms with Crippen LogP contribution in [0.15, 0.2) is 54.4 Å². The number of benzene rings is 1. The fourth-order valence-corrected chi connectivity index (χ4v) is 4.76. The first-order chi connectivity index (χ1) is 16.2. The average molecular weight is 484 g/mol. The van der Waals surface area contributed by atoms with Crippen molar-refractivity contribution in [2.75, 3.05) is 18.0 Å². The van der Waals surface area contributed by atoms with Crippen molar-refractivity contribution in [2.24, 2.45) is 0 Å². The van der Waals surface area contributed by atoms with Gasteiger partial charge in [-0.2, -0.15) is 0 Å². The van der Waals surface area contributed by atoms with Gasteiger partial charge in [-0.15, -0.1) is 28.0 Å². The summed E-state index contributed by atoms with van der Waals surface area (Å²) in [5.74, 6) is 2.16. The summed E-state index contributed by atoms with van der Waals surface area (Å²) in [7, 11) is 0. The minimum absolute atomic E-state index is 0.249. The maximum atomic E-state index is 9.01. The van der Waals surface area contributed by atoms with Crippen molar-refractivity contribution in [3.8, 4) is 11.4 Å². The second-order valence-corrected chi connectivity index (χ2v) is 8.84. The van der Waals surface area contributed by atoms with Gasteiger partial charge in [-0.3, -0.25) is 0 Å². The first-order valence-corrected chi connectivity index (χ1v) is 12.3. The number of aromatic nitrogens is 6. The van der Waals surface area contributed by atoms with E-state index in [2.05, 4.69) is 42.5 Å². The number of nitrogens with zero attached hydrogens (tertiary/aromatic N) is 7. The van der Waals surface area contributed by atoms with Gasteiger partial charge in [-0.25, -0.2) is 19.6 Å². The molecule has 0 atom stereocenters. The standard InChI is InChI=1S/C15H19ClN4S.C8H7N3O/c1-2-11-8-17-15(18-9-11)20-5-3-12(4-6-20)14-19-13(7-16)10-21-14;12-8-3-1-7(2-4-8)11-6-5-9-10-11/h8-10,12H,2-7H2,1H3;1-6,12H. The molecule has 10 heteroatoms. The molecule has 1 aromatic carbocycles. The SMILES string of the molecule is CCc1cnc(N2CCC(c3nc(CCl)cs3)CC2)nc1.Oc1ccc(-n2ccnn2)cc1. The van der Waals surface area contributed by atoms with Crippen molar-refractivity contribution in [2.45, 2.75) is 38.0 Å². The van der Waals surface area contributed by atoms with Crippen LogP contribution in [-0.4, -0.2) is 48.1 Å². The van der Waals surface area contributed by atoms with E-state index in [1.54, 1.807) is 52.7 Å². The van der Waals surface area contributed by atoms with Crippen LogP contribution in [-0.2, 0) is 12.3 Å². The van der Waals surface area contributed by atoms with Crippen molar-refractivity contribution in [1.29, 1.82) is 0 Å². The van der Waals surface area contributed by atoms with Gasteiger partial charge in [0.15, 0.2) is 0 Å². The molecular formula is C23H26ClN7OS. The largest absolute Gasteiger partial charge is 0.508 e. The van der Waals surface area contributed by atoms with Crippen LogP contribution in [0.25, 0.3) is 5.69 Å². The molecule has 1 aliphatic heterocycles. The first-order valence-electron chi connectivity index (χ1n) is 10.9. The lowest BCUT2D eigenvalue weighted by Crippen LogP contribution is -2.34. The highest BCUT2D eigenvalue weighted by molar-refractivity contribution is 7.09. The molecule has 0 spiro atoms. The monoisotopic (exact) mass is 483 g/mol. The zero-order chi connectivity index (χ0) is 23.0.